The van der Waals surface area contributed by atoms with Gasteiger partial charge in [-0.3, -0.25) is 4.79 Å². The van der Waals surface area contributed by atoms with Crippen molar-refractivity contribution in [1.82, 2.24) is 4.98 Å². The number of carbonyl (C=O) groups is 1. The molecule has 0 aliphatic rings. The molecule has 0 aliphatic heterocycles. The van der Waals surface area contributed by atoms with Crippen LogP contribution < -0.4 is 5.32 Å². The minimum absolute atomic E-state index is 0.0704. The zero-order valence-electron chi connectivity index (χ0n) is 12.8. The Kier molecular flexibility index (Phi) is 5.59. The van der Waals surface area contributed by atoms with E-state index in [9.17, 15) is 35.2 Å². The first-order valence-electron chi connectivity index (χ1n) is 7.00. The lowest BCUT2D eigenvalue weighted by atomic mass is 10.3. The van der Waals surface area contributed by atoms with Gasteiger partial charge in [-0.2, -0.15) is 13.2 Å². The van der Waals surface area contributed by atoms with Crippen molar-refractivity contribution in [3.05, 3.63) is 53.7 Å². The van der Waals surface area contributed by atoms with Crippen molar-refractivity contribution in [3.63, 3.8) is 0 Å². The molecule has 0 unspecified atom stereocenters. The molecule has 26 heavy (non-hydrogen) atoms. The van der Waals surface area contributed by atoms with Crippen molar-refractivity contribution in [3.8, 4) is 0 Å². The number of nitrogens with zero attached hydrogens (tertiary/aromatic N) is 1. The SMILES string of the molecule is O=C(CCS(=O)(=O)c1ccc(C(F)(F)F)cn1)Nc1ccc(F)c(F)c1. The first kappa shape index (κ1) is 19.8. The summed E-state index contributed by atoms with van der Waals surface area (Å²) in [5.41, 5.74) is -1.17. The van der Waals surface area contributed by atoms with Crippen LogP contribution in [0.2, 0.25) is 0 Å². The van der Waals surface area contributed by atoms with E-state index in [0.717, 1.165) is 18.2 Å². The number of sulfone groups is 1. The second kappa shape index (κ2) is 7.36. The van der Waals surface area contributed by atoms with Gasteiger partial charge in [0.2, 0.25) is 5.91 Å². The number of aromatic nitrogens is 1. The average molecular weight is 394 g/mol. The summed E-state index contributed by atoms with van der Waals surface area (Å²) >= 11 is 0. The van der Waals surface area contributed by atoms with Crippen LogP contribution in [0.25, 0.3) is 0 Å². The van der Waals surface area contributed by atoms with E-state index in [4.69, 9.17) is 0 Å². The summed E-state index contributed by atoms with van der Waals surface area (Å²) in [6, 6.07) is 3.86. The lowest BCUT2D eigenvalue weighted by molar-refractivity contribution is -0.137. The molecule has 0 spiro atoms. The van der Waals surface area contributed by atoms with E-state index in [0.29, 0.717) is 18.3 Å². The van der Waals surface area contributed by atoms with Crippen LogP contribution in [0.5, 0.6) is 0 Å². The second-order valence-corrected chi connectivity index (χ2v) is 7.18. The fourth-order valence-electron chi connectivity index (χ4n) is 1.86. The van der Waals surface area contributed by atoms with E-state index in [1.54, 1.807) is 0 Å². The van der Waals surface area contributed by atoms with E-state index in [2.05, 4.69) is 10.3 Å². The van der Waals surface area contributed by atoms with E-state index in [1.807, 2.05) is 0 Å². The largest absolute Gasteiger partial charge is 0.417 e. The van der Waals surface area contributed by atoms with Crippen molar-refractivity contribution in [2.75, 3.05) is 11.1 Å². The van der Waals surface area contributed by atoms with Crippen molar-refractivity contribution in [1.29, 1.82) is 0 Å². The number of anilines is 1. The monoisotopic (exact) mass is 394 g/mol. The number of nitrogens with one attached hydrogen (secondary N) is 1. The van der Waals surface area contributed by atoms with Crippen LogP contribution in [0.1, 0.15) is 12.0 Å². The van der Waals surface area contributed by atoms with Gasteiger partial charge in [0.1, 0.15) is 0 Å². The molecule has 1 aromatic heterocycles. The number of pyridine rings is 1. The number of rotatable bonds is 5. The molecule has 0 saturated heterocycles. The Bertz CT molecular complexity index is 912. The van der Waals surface area contributed by atoms with Gasteiger partial charge in [-0.1, -0.05) is 0 Å². The third-order valence-electron chi connectivity index (χ3n) is 3.18. The van der Waals surface area contributed by atoms with E-state index in [1.165, 1.54) is 0 Å². The number of hydrogen-bond donors (Lipinski definition) is 1. The van der Waals surface area contributed by atoms with E-state index in [-0.39, 0.29) is 5.69 Å². The van der Waals surface area contributed by atoms with Crippen LogP contribution in [-0.2, 0) is 20.8 Å². The molecular formula is C15H11F5N2O3S. The molecule has 11 heteroatoms. The first-order valence-corrected chi connectivity index (χ1v) is 8.65. The molecule has 0 saturated carbocycles. The molecule has 2 rings (SSSR count). The highest BCUT2D eigenvalue weighted by Gasteiger charge is 2.31. The molecule has 0 radical (unpaired) electrons. The number of amides is 1. The molecule has 0 aliphatic carbocycles. The van der Waals surface area contributed by atoms with Gasteiger partial charge >= 0.3 is 6.18 Å². The topological polar surface area (TPSA) is 76.1 Å². The molecule has 1 N–H and O–H groups in total. The molecular weight excluding hydrogens is 383 g/mol. The number of carbonyl (C=O) groups excluding carboxylic acids is 1. The zero-order valence-corrected chi connectivity index (χ0v) is 13.7. The van der Waals surface area contributed by atoms with Gasteiger partial charge in [-0.25, -0.2) is 22.2 Å². The molecule has 1 heterocycles. The Morgan fingerprint density at radius 2 is 1.77 bits per heavy atom. The van der Waals surface area contributed by atoms with Crippen LogP contribution in [0.3, 0.4) is 0 Å². The predicted molar refractivity (Wildman–Crippen MR) is 80.9 cm³/mol. The maximum atomic E-state index is 13.0. The molecule has 0 fully saturated rings. The lowest BCUT2D eigenvalue weighted by Gasteiger charge is -2.08. The summed E-state index contributed by atoms with van der Waals surface area (Å²) in [4.78, 5) is 15.0. The summed E-state index contributed by atoms with van der Waals surface area (Å²) < 4.78 is 87.2. The average Bonchev–Trinajstić information content (AvgIpc) is 2.56. The van der Waals surface area contributed by atoms with E-state index >= 15 is 0 Å². The van der Waals surface area contributed by atoms with Crippen LogP contribution in [0, 0.1) is 11.6 Å². The Balaban J connectivity index is 2.00. The van der Waals surface area contributed by atoms with Crippen molar-refractivity contribution < 1.29 is 35.2 Å². The van der Waals surface area contributed by atoms with Gasteiger partial charge in [-0.05, 0) is 24.3 Å². The van der Waals surface area contributed by atoms with Gasteiger partial charge < -0.3 is 5.32 Å². The van der Waals surface area contributed by atoms with Crippen LogP contribution in [0.4, 0.5) is 27.6 Å². The Morgan fingerprint density at radius 1 is 1.08 bits per heavy atom. The molecule has 5 nitrogen and oxygen atoms in total. The van der Waals surface area contributed by atoms with Gasteiger partial charge in [0.15, 0.2) is 26.5 Å². The Hall–Kier alpha value is -2.56. The second-order valence-electron chi connectivity index (χ2n) is 5.13. The lowest BCUT2D eigenvalue weighted by Crippen LogP contribution is -2.18. The third kappa shape index (κ3) is 4.97. The van der Waals surface area contributed by atoms with Gasteiger partial charge in [0.05, 0.1) is 11.3 Å². The number of halogens is 5. The zero-order chi connectivity index (χ0) is 19.5. The summed E-state index contributed by atoms with van der Waals surface area (Å²) in [6.45, 7) is 0. The highest BCUT2D eigenvalue weighted by molar-refractivity contribution is 7.91. The third-order valence-corrected chi connectivity index (χ3v) is 4.80. The number of hydrogen-bond acceptors (Lipinski definition) is 4. The molecule has 0 atom stereocenters. The van der Waals surface area contributed by atoms with E-state index < -0.39 is 56.3 Å². The van der Waals surface area contributed by atoms with Crippen molar-refractivity contribution >= 4 is 21.4 Å². The highest BCUT2D eigenvalue weighted by Crippen LogP contribution is 2.28. The standard InChI is InChI=1S/C15H11F5N2O3S/c16-11-3-2-10(7-12(11)17)22-13(23)5-6-26(24,25)14-4-1-9(8-21-14)15(18,19)20/h1-4,7-8H,5-6H2,(H,22,23). The fraction of sp³-hybridized carbons (Fsp3) is 0.200. The summed E-state index contributed by atoms with van der Waals surface area (Å²) in [5, 5.41) is 1.58. The van der Waals surface area contributed by atoms with Gasteiger partial charge in [0.25, 0.3) is 0 Å². The highest BCUT2D eigenvalue weighted by atomic mass is 32.2. The Labute approximate surface area is 144 Å². The number of alkyl halides is 3. The van der Waals surface area contributed by atoms with Gasteiger partial charge in [-0.15, -0.1) is 0 Å². The normalized spacial score (nSPS) is 12.0. The van der Waals surface area contributed by atoms with Gasteiger partial charge in [0, 0.05) is 24.4 Å². The van der Waals surface area contributed by atoms with Crippen LogP contribution in [-0.4, -0.2) is 25.1 Å². The summed E-state index contributed by atoms with van der Waals surface area (Å²) in [7, 11) is -4.10. The quantitative estimate of drug-likeness (QED) is 0.791. The van der Waals surface area contributed by atoms with Crippen molar-refractivity contribution in [2.45, 2.75) is 17.6 Å². The van der Waals surface area contributed by atoms with Crippen molar-refractivity contribution in [2.24, 2.45) is 0 Å². The molecule has 2 aromatic rings. The minimum atomic E-state index is -4.65. The molecule has 140 valence electrons. The smallest absolute Gasteiger partial charge is 0.326 e. The Morgan fingerprint density at radius 3 is 2.31 bits per heavy atom. The first-order chi connectivity index (χ1) is 12.0. The summed E-state index contributed by atoms with van der Waals surface area (Å²) in [5.74, 6) is -3.82. The summed E-state index contributed by atoms with van der Waals surface area (Å²) in [6.07, 6.45) is -4.82. The molecule has 1 amide bonds. The van der Waals surface area contributed by atoms with Crippen LogP contribution in [0.15, 0.2) is 41.6 Å². The minimum Gasteiger partial charge on any atom is -0.326 e. The maximum Gasteiger partial charge on any atom is 0.417 e. The molecule has 0 bridgehead atoms. The maximum absolute atomic E-state index is 13.0. The van der Waals surface area contributed by atoms with Crippen LogP contribution >= 0.6 is 0 Å². The predicted octanol–water partition coefficient (Wildman–Crippen LogP) is 3.18. The fourth-order valence-corrected chi connectivity index (χ4v) is 3.01. The molecule has 1 aromatic carbocycles. The number of benzene rings is 1.